The molecule has 1 saturated carbocycles. The number of hydrogen-bond acceptors (Lipinski definition) is 2. The maximum absolute atomic E-state index is 12.2. The molecule has 0 spiro atoms. The van der Waals surface area contributed by atoms with Crippen LogP contribution in [0.5, 0.6) is 0 Å². The van der Waals surface area contributed by atoms with Gasteiger partial charge in [-0.3, -0.25) is 9.59 Å². The second kappa shape index (κ2) is 5.65. The quantitative estimate of drug-likeness (QED) is 0.886. The molecule has 1 aromatic carbocycles. The number of hydrogen-bond donors (Lipinski definition) is 2. The Bertz CT molecular complexity index is 510. The Hall–Kier alpha value is -1.84. The zero-order chi connectivity index (χ0) is 14.8. The van der Waals surface area contributed by atoms with E-state index in [1.807, 2.05) is 32.0 Å². The molecular formula is C16H21NO3. The number of benzene rings is 1. The lowest BCUT2D eigenvalue weighted by atomic mass is 9.82. The molecule has 2 rings (SSSR count). The van der Waals surface area contributed by atoms with Crippen LogP contribution in [-0.2, 0) is 9.59 Å². The van der Waals surface area contributed by atoms with Crippen LogP contribution in [0.25, 0.3) is 0 Å². The lowest BCUT2D eigenvalue weighted by Crippen LogP contribution is -2.33. The van der Waals surface area contributed by atoms with E-state index in [0.717, 1.165) is 29.7 Å². The van der Waals surface area contributed by atoms with Crippen molar-refractivity contribution >= 4 is 17.6 Å². The SMILES string of the molecule is Cc1cccc(C)c1NC(=O)CC1(C(=O)O)CCCC1. The zero-order valence-electron chi connectivity index (χ0n) is 12.0. The van der Waals surface area contributed by atoms with E-state index in [0.29, 0.717) is 12.8 Å². The van der Waals surface area contributed by atoms with Gasteiger partial charge in [-0.15, -0.1) is 0 Å². The van der Waals surface area contributed by atoms with Gasteiger partial charge in [-0.1, -0.05) is 31.0 Å². The summed E-state index contributed by atoms with van der Waals surface area (Å²) in [6.07, 6.45) is 3.05. The summed E-state index contributed by atoms with van der Waals surface area (Å²) in [5, 5.41) is 12.3. The third-order valence-corrected chi connectivity index (χ3v) is 4.26. The van der Waals surface area contributed by atoms with E-state index >= 15 is 0 Å². The molecule has 0 aromatic heterocycles. The summed E-state index contributed by atoms with van der Waals surface area (Å²) < 4.78 is 0. The van der Waals surface area contributed by atoms with Gasteiger partial charge in [-0.05, 0) is 37.8 Å². The van der Waals surface area contributed by atoms with Crippen molar-refractivity contribution in [1.29, 1.82) is 0 Å². The van der Waals surface area contributed by atoms with E-state index in [1.165, 1.54) is 0 Å². The van der Waals surface area contributed by atoms with Crippen LogP contribution in [0.3, 0.4) is 0 Å². The highest BCUT2D eigenvalue weighted by atomic mass is 16.4. The molecule has 0 aliphatic heterocycles. The topological polar surface area (TPSA) is 66.4 Å². The fraction of sp³-hybridized carbons (Fsp3) is 0.500. The summed E-state index contributed by atoms with van der Waals surface area (Å²) in [5.41, 5.74) is 1.93. The molecular weight excluding hydrogens is 254 g/mol. The largest absolute Gasteiger partial charge is 0.481 e. The average molecular weight is 275 g/mol. The molecule has 0 unspecified atom stereocenters. The molecule has 0 atom stereocenters. The molecule has 4 heteroatoms. The summed E-state index contributed by atoms with van der Waals surface area (Å²) >= 11 is 0. The van der Waals surface area contributed by atoms with Crippen LogP contribution in [0.2, 0.25) is 0 Å². The molecule has 0 heterocycles. The van der Waals surface area contributed by atoms with E-state index in [2.05, 4.69) is 5.32 Å². The van der Waals surface area contributed by atoms with Crippen molar-refractivity contribution in [3.63, 3.8) is 0 Å². The van der Waals surface area contributed by atoms with Gasteiger partial charge in [0.05, 0.1) is 5.41 Å². The second-order valence-electron chi connectivity index (χ2n) is 5.78. The standard InChI is InChI=1S/C16H21NO3/c1-11-6-5-7-12(2)14(11)17-13(18)10-16(15(19)20)8-3-4-9-16/h5-7H,3-4,8-10H2,1-2H3,(H,17,18)(H,19,20). The Morgan fingerprint density at radius 1 is 1.20 bits per heavy atom. The summed E-state index contributed by atoms with van der Waals surface area (Å²) in [6.45, 7) is 3.87. The van der Waals surface area contributed by atoms with Gasteiger partial charge in [-0.2, -0.15) is 0 Å². The summed E-state index contributed by atoms with van der Waals surface area (Å²) in [7, 11) is 0. The van der Waals surface area contributed by atoms with Gasteiger partial charge in [0, 0.05) is 12.1 Å². The van der Waals surface area contributed by atoms with Gasteiger partial charge in [0.15, 0.2) is 0 Å². The van der Waals surface area contributed by atoms with Crippen molar-refractivity contribution in [1.82, 2.24) is 0 Å². The monoisotopic (exact) mass is 275 g/mol. The first-order valence-corrected chi connectivity index (χ1v) is 7.04. The van der Waals surface area contributed by atoms with E-state index in [1.54, 1.807) is 0 Å². The molecule has 0 radical (unpaired) electrons. The molecule has 1 amide bonds. The molecule has 1 fully saturated rings. The van der Waals surface area contributed by atoms with Gasteiger partial charge in [-0.25, -0.2) is 0 Å². The minimum Gasteiger partial charge on any atom is -0.481 e. The molecule has 108 valence electrons. The number of carboxylic acid groups (broad SMARTS) is 1. The first kappa shape index (κ1) is 14.6. The van der Waals surface area contributed by atoms with Crippen LogP contribution >= 0.6 is 0 Å². The number of amides is 1. The number of rotatable bonds is 4. The van der Waals surface area contributed by atoms with Gasteiger partial charge < -0.3 is 10.4 Å². The van der Waals surface area contributed by atoms with Crippen LogP contribution in [0, 0.1) is 19.3 Å². The van der Waals surface area contributed by atoms with Crippen molar-refractivity contribution < 1.29 is 14.7 Å². The van der Waals surface area contributed by atoms with E-state index in [-0.39, 0.29) is 12.3 Å². The van der Waals surface area contributed by atoms with Crippen molar-refractivity contribution in [2.75, 3.05) is 5.32 Å². The van der Waals surface area contributed by atoms with Gasteiger partial charge >= 0.3 is 5.97 Å². The number of aliphatic carboxylic acids is 1. The van der Waals surface area contributed by atoms with Crippen LogP contribution in [0.15, 0.2) is 18.2 Å². The third-order valence-electron chi connectivity index (χ3n) is 4.26. The third kappa shape index (κ3) is 2.84. The van der Waals surface area contributed by atoms with Gasteiger partial charge in [0.1, 0.15) is 0 Å². The molecule has 0 bridgehead atoms. The molecule has 4 nitrogen and oxygen atoms in total. The predicted octanol–water partition coefficient (Wildman–Crippen LogP) is 3.28. The van der Waals surface area contributed by atoms with Crippen molar-refractivity contribution in [2.45, 2.75) is 46.0 Å². The summed E-state index contributed by atoms with van der Waals surface area (Å²) in [4.78, 5) is 23.7. The molecule has 0 saturated heterocycles. The second-order valence-corrected chi connectivity index (χ2v) is 5.78. The average Bonchev–Trinajstić information content (AvgIpc) is 2.84. The first-order chi connectivity index (χ1) is 9.44. The normalized spacial score (nSPS) is 16.9. The van der Waals surface area contributed by atoms with Crippen LogP contribution in [-0.4, -0.2) is 17.0 Å². The Labute approximate surface area is 119 Å². The van der Waals surface area contributed by atoms with Crippen molar-refractivity contribution in [3.05, 3.63) is 29.3 Å². The number of nitrogens with one attached hydrogen (secondary N) is 1. The maximum atomic E-state index is 12.2. The first-order valence-electron chi connectivity index (χ1n) is 7.04. The molecule has 2 N–H and O–H groups in total. The van der Waals surface area contributed by atoms with E-state index in [9.17, 15) is 14.7 Å². The smallest absolute Gasteiger partial charge is 0.310 e. The van der Waals surface area contributed by atoms with Gasteiger partial charge in [0.2, 0.25) is 5.91 Å². The fourth-order valence-corrected chi connectivity index (χ4v) is 3.02. The number of carbonyl (C=O) groups excluding carboxylic acids is 1. The lowest BCUT2D eigenvalue weighted by Gasteiger charge is -2.23. The molecule has 1 aliphatic rings. The lowest BCUT2D eigenvalue weighted by molar-refractivity contribution is -0.150. The maximum Gasteiger partial charge on any atom is 0.310 e. The minimum absolute atomic E-state index is 0.0656. The fourth-order valence-electron chi connectivity index (χ4n) is 3.02. The highest BCUT2D eigenvalue weighted by Gasteiger charge is 2.43. The van der Waals surface area contributed by atoms with Crippen LogP contribution < -0.4 is 5.32 Å². The molecule has 20 heavy (non-hydrogen) atoms. The highest BCUT2D eigenvalue weighted by molar-refractivity contribution is 5.95. The Morgan fingerprint density at radius 3 is 2.25 bits per heavy atom. The number of anilines is 1. The zero-order valence-corrected chi connectivity index (χ0v) is 12.0. The predicted molar refractivity (Wildman–Crippen MR) is 77.7 cm³/mol. The minimum atomic E-state index is -0.860. The highest BCUT2D eigenvalue weighted by Crippen LogP contribution is 2.41. The van der Waals surface area contributed by atoms with Crippen LogP contribution in [0.1, 0.15) is 43.2 Å². The molecule has 1 aliphatic carbocycles. The van der Waals surface area contributed by atoms with Crippen molar-refractivity contribution in [2.24, 2.45) is 5.41 Å². The van der Waals surface area contributed by atoms with Crippen LogP contribution in [0.4, 0.5) is 5.69 Å². The number of carboxylic acids is 1. The number of para-hydroxylation sites is 1. The van der Waals surface area contributed by atoms with Crippen molar-refractivity contribution in [3.8, 4) is 0 Å². The van der Waals surface area contributed by atoms with E-state index < -0.39 is 11.4 Å². The van der Waals surface area contributed by atoms with Gasteiger partial charge in [0.25, 0.3) is 0 Å². The molecule has 1 aromatic rings. The van der Waals surface area contributed by atoms with E-state index in [4.69, 9.17) is 0 Å². The Balaban J connectivity index is 2.11. The summed E-state index contributed by atoms with van der Waals surface area (Å²) in [5.74, 6) is -1.04. The number of aryl methyl sites for hydroxylation is 2. The number of carbonyl (C=O) groups is 2. The summed E-state index contributed by atoms with van der Waals surface area (Å²) in [6, 6.07) is 5.81. The Morgan fingerprint density at radius 2 is 1.75 bits per heavy atom. The Kier molecular flexibility index (Phi) is 4.12.